The fourth-order valence-electron chi connectivity index (χ4n) is 3.15. The van der Waals surface area contributed by atoms with Gasteiger partial charge in [-0.3, -0.25) is 0 Å². The van der Waals surface area contributed by atoms with E-state index in [4.69, 9.17) is 10.6 Å². The van der Waals surface area contributed by atoms with Crippen molar-refractivity contribution >= 4 is 5.82 Å². The maximum Gasteiger partial charge on any atom is 0.140 e. The van der Waals surface area contributed by atoms with E-state index in [-0.39, 0.29) is 0 Å². The van der Waals surface area contributed by atoms with Gasteiger partial charge in [-0.05, 0) is 48.3 Å². The highest BCUT2D eigenvalue weighted by Crippen LogP contribution is 2.35. The van der Waals surface area contributed by atoms with Gasteiger partial charge in [0.15, 0.2) is 0 Å². The third-order valence-electron chi connectivity index (χ3n) is 4.40. The predicted octanol–water partition coefficient (Wildman–Crippen LogP) is 3.34. The summed E-state index contributed by atoms with van der Waals surface area (Å²) in [5, 5.41) is 0. The van der Waals surface area contributed by atoms with E-state index in [2.05, 4.69) is 31.2 Å². The normalized spacial score (nSPS) is 26.8. The molecule has 1 heterocycles. The molecule has 0 bridgehead atoms. The van der Waals surface area contributed by atoms with Gasteiger partial charge < -0.3 is 10.2 Å². The molecule has 3 N–H and O–H groups in total. The van der Waals surface area contributed by atoms with E-state index < -0.39 is 0 Å². The minimum Gasteiger partial charge on any atom is -0.373 e. The molecule has 1 aromatic heterocycles. The van der Waals surface area contributed by atoms with Gasteiger partial charge in [0, 0.05) is 6.20 Å². The fourth-order valence-corrected chi connectivity index (χ4v) is 3.15. The number of hydrazine groups is 1. The number of hydrogen-bond acceptors (Lipinski definition) is 4. The first-order valence-electron chi connectivity index (χ1n) is 7.63. The smallest absolute Gasteiger partial charge is 0.140 e. The Hall–Kier alpha value is -1.13. The number of nitrogens with zero attached hydrogens (tertiary/aromatic N) is 1. The summed E-state index contributed by atoms with van der Waals surface area (Å²) >= 11 is 0. The molecule has 4 nitrogen and oxygen atoms in total. The van der Waals surface area contributed by atoms with Crippen LogP contribution in [0.1, 0.15) is 45.6 Å². The zero-order valence-corrected chi connectivity index (χ0v) is 12.8. The van der Waals surface area contributed by atoms with Crippen molar-refractivity contribution in [1.82, 2.24) is 4.98 Å². The SMILES string of the molecule is CC1CCC(C(C)C)C(OCc2ccnc(NN)c2)C1. The summed E-state index contributed by atoms with van der Waals surface area (Å²) in [5.41, 5.74) is 3.69. The number of anilines is 1. The maximum atomic E-state index is 6.22. The Morgan fingerprint density at radius 3 is 2.95 bits per heavy atom. The molecular weight excluding hydrogens is 250 g/mol. The van der Waals surface area contributed by atoms with Gasteiger partial charge >= 0.3 is 0 Å². The van der Waals surface area contributed by atoms with Crippen molar-refractivity contribution in [3.63, 3.8) is 0 Å². The molecule has 20 heavy (non-hydrogen) atoms. The summed E-state index contributed by atoms with van der Waals surface area (Å²) in [6.45, 7) is 7.58. The third-order valence-corrected chi connectivity index (χ3v) is 4.40. The molecule has 3 atom stereocenters. The summed E-state index contributed by atoms with van der Waals surface area (Å²) in [6, 6.07) is 3.92. The van der Waals surface area contributed by atoms with Gasteiger partial charge in [0.2, 0.25) is 0 Å². The lowest BCUT2D eigenvalue weighted by Crippen LogP contribution is -2.34. The van der Waals surface area contributed by atoms with E-state index in [9.17, 15) is 0 Å². The van der Waals surface area contributed by atoms with Crippen molar-refractivity contribution in [2.24, 2.45) is 23.6 Å². The Bertz CT molecular complexity index is 422. The summed E-state index contributed by atoms with van der Waals surface area (Å²) in [6.07, 6.45) is 5.93. The lowest BCUT2D eigenvalue weighted by molar-refractivity contribution is -0.0472. The van der Waals surface area contributed by atoms with E-state index in [1.807, 2.05) is 12.1 Å². The molecule has 0 radical (unpaired) electrons. The Balaban J connectivity index is 1.96. The Labute approximate surface area is 122 Å². The lowest BCUT2D eigenvalue weighted by Gasteiger charge is -2.37. The summed E-state index contributed by atoms with van der Waals surface area (Å²) in [4.78, 5) is 4.12. The predicted molar refractivity (Wildman–Crippen MR) is 82.0 cm³/mol. The standard InChI is InChI=1S/C16H27N3O/c1-11(2)14-5-4-12(3)8-15(14)20-10-13-6-7-18-16(9-13)19-17/h6-7,9,11-12,14-15H,4-5,8,10,17H2,1-3H3,(H,18,19). The molecule has 3 unspecified atom stereocenters. The Kier molecular flexibility index (Phi) is 5.38. The number of nitrogens with two attached hydrogens (primary N) is 1. The molecule has 0 aliphatic heterocycles. The molecule has 1 aromatic rings. The van der Waals surface area contributed by atoms with Gasteiger partial charge in [-0.15, -0.1) is 0 Å². The van der Waals surface area contributed by atoms with Gasteiger partial charge in [0.05, 0.1) is 12.7 Å². The topological polar surface area (TPSA) is 60.2 Å². The number of hydrogen-bond donors (Lipinski definition) is 2. The first kappa shape index (κ1) is 15.3. The van der Waals surface area contributed by atoms with Gasteiger partial charge in [-0.25, -0.2) is 10.8 Å². The minimum atomic E-state index is 0.376. The number of nitrogen functional groups attached to an aromatic ring is 1. The first-order chi connectivity index (χ1) is 9.60. The number of rotatable bonds is 5. The summed E-state index contributed by atoms with van der Waals surface area (Å²) < 4.78 is 6.22. The van der Waals surface area contributed by atoms with Crippen LogP contribution >= 0.6 is 0 Å². The van der Waals surface area contributed by atoms with Gasteiger partial charge in [-0.1, -0.05) is 27.2 Å². The number of aromatic nitrogens is 1. The third kappa shape index (κ3) is 3.93. The van der Waals surface area contributed by atoms with Crippen molar-refractivity contribution < 1.29 is 4.74 Å². The van der Waals surface area contributed by atoms with E-state index in [1.54, 1.807) is 6.20 Å². The summed E-state index contributed by atoms with van der Waals surface area (Å²) in [5.74, 6) is 8.21. The molecule has 112 valence electrons. The van der Waals surface area contributed by atoms with Crippen LogP contribution in [0.25, 0.3) is 0 Å². The van der Waals surface area contributed by atoms with Crippen LogP contribution < -0.4 is 11.3 Å². The van der Waals surface area contributed by atoms with Crippen LogP contribution in [0, 0.1) is 17.8 Å². The molecule has 4 heteroatoms. The van der Waals surface area contributed by atoms with Crippen molar-refractivity contribution in [2.45, 2.75) is 52.7 Å². The van der Waals surface area contributed by atoms with Crippen molar-refractivity contribution in [3.8, 4) is 0 Å². The van der Waals surface area contributed by atoms with Gasteiger partial charge in [-0.2, -0.15) is 0 Å². The van der Waals surface area contributed by atoms with Crippen molar-refractivity contribution in [1.29, 1.82) is 0 Å². The van der Waals surface area contributed by atoms with E-state index in [0.717, 1.165) is 11.5 Å². The quantitative estimate of drug-likeness (QED) is 0.640. The largest absolute Gasteiger partial charge is 0.373 e. The lowest BCUT2D eigenvalue weighted by atomic mass is 9.75. The summed E-state index contributed by atoms with van der Waals surface area (Å²) in [7, 11) is 0. The second kappa shape index (κ2) is 7.04. The average Bonchev–Trinajstić information content (AvgIpc) is 2.45. The number of ether oxygens (including phenoxy) is 1. The molecule has 0 spiro atoms. The second-order valence-electron chi connectivity index (χ2n) is 6.37. The molecule has 2 rings (SSSR count). The van der Waals surface area contributed by atoms with Gasteiger partial charge in [0.1, 0.15) is 5.82 Å². The van der Waals surface area contributed by atoms with Crippen LogP contribution in [0.5, 0.6) is 0 Å². The molecule has 1 aliphatic rings. The molecule has 1 aliphatic carbocycles. The van der Waals surface area contributed by atoms with Crippen LogP contribution in [-0.2, 0) is 11.3 Å². The minimum absolute atomic E-state index is 0.376. The molecule has 0 aromatic carbocycles. The van der Waals surface area contributed by atoms with Crippen molar-refractivity contribution in [3.05, 3.63) is 23.9 Å². The highest BCUT2D eigenvalue weighted by Gasteiger charge is 2.31. The van der Waals surface area contributed by atoms with E-state index in [0.29, 0.717) is 30.4 Å². The zero-order valence-electron chi connectivity index (χ0n) is 12.8. The number of nitrogens with one attached hydrogen (secondary N) is 1. The molecule has 1 saturated carbocycles. The Morgan fingerprint density at radius 2 is 2.25 bits per heavy atom. The van der Waals surface area contributed by atoms with Crippen LogP contribution in [0.3, 0.4) is 0 Å². The first-order valence-corrected chi connectivity index (χ1v) is 7.63. The maximum absolute atomic E-state index is 6.22. The Morgan fingerprint density at radius 1 is 1.45 bits per heavy atom. The molecule has 1 fully saturated rings. The second-order valence-corrected chi connectivity index (χ2v) is 6.37. The highest BCUT2D eigenvalue weighted by molar-refractivity contribution is 5.35. The van der Waals surface area contributed by atoms with Crippen LogP contribution in [0.4, 0.5) is 5.82 Å². The average molecular weight is 277 g/mol. The van der Waals surface area contributed by atoms with E-state index in [1.165, 1.54) is 19.3 Å². The van der Waals surface area contributed by atoms with Crippen molar-refractivity contribution in [2.75, 3.05) is 5.43 Å². The van der Waals surface area contributed by atoms with Gasteiger partial charge in [0.25, 0.3) is 0 Å². The zero-order chi connectivity index (χ0) is 14.5. The number of pyridine rings is 1. The highest BCUT2D eigenvalue weighted by atomic mass is 16.5. The van der Waals surface area contributed by atoms with E-state index >= 15 is 0 Å². The van der Waals surface area contributed by atoms with Crippen LogP contribution in [0.2, 0.25) is 0 Å². The van der Waals surface area contributed by atoms with Crippen LogP contribution in [0.15, 0.2) is 18.3 Å². The molecule has 0 saturated heterocycles. The van der Waals surface area contributed by atoms with Crippen LogP contribution in [-0.4, -0.2) is 11.1 Å². The monoisotopic (exact) mass is 277 g/mol. The molecular formula is C16H27N3O. The fraction of sp³-hybridized carbons (Fsp3) is 0.688. The molecule has 0 amide bonds.